The van der Waals surface area contributed by atoms with Crippen LogP contribution in [0.25, 0.3) is 0 Å². The Kier molecular flexibility index (Phi) is 4.89. The Hall–Kier alpha value is -3.40. The third kappa shape index (κ3) is 3.70. The topological polar surface area (TPSA) is 77.4 Å². The number of carbonyl (C=O) groups is 1. The normalized spacial score (nSPS) is 19.2. The quantitative estimate of drug-likeness (QED) is 0.558. The van der Waals surface area contributed by atoms with Crippen molar-refractivity contribution < 1.29 is 27.4 Å². The highest BCUT2D eigenvalue weighted by molar-refractivity contribution is 6.33. The third-order valence-electron chi connectivity index (χ3n) is 5.34. The molecule has 0 aliphatic carbocycles. The van der Waals surface area contributed by atoms with Gasteiger partial charge in [-0.1, -0.05) is 29.8 Å². The molecule has 2 N–H and O–H groups in total. The number of hydrogen-bond donors (Lipinski definition) is 2. The first-order chi connectivity index (χ1) is 15.3. The van der Waals surface area contributed by atoms with Gasteiger partial charge in [-0.3, -0.25) is 4.79 Å². The molecule has 5 rings (SSSR count). The molecule has 1 aromatic heterocycles. The van der Waals surface area contributed by atoms with Gasteiger partial charge in [-0.2, -0.15) is 18.3 Å². The molecule has 0 fully saturated rings. The molecule has 2 atom stereocenters. The second-order valence-corrected chi connectivity index (χ2v) is 7.80. The molecule has 0 bridgehead atoms. The molecule has 2 aromatic carbocycles. The van der Waals surface area contributed by atoms with Crippen LogP contribution in [-0.4, -0.2) is 28.7 Å². The van der Waals surface area contributed by atoms with Crippen LogP contribution in [0.5, 0.6) is 11.5 Å². The lowest BCUT2D eigenvalue weighted by Crippen LogP contribution is -2.35. The third-order valence-corrected chi connectivity index (χ3v) is 5.67. The van der Waals surface area contributed by atoms with Gasteiger partial charge in [0.25, 0.3) is 5.91 Å². The van der Waals surface area contributed by atoms with Crippen LogP contribution >= 0.6 is 11.6 Å². The number of hydrogen-bond acceptors (Lipinski definition) is 5. The fraction of sp³-hybridized carbons (Fsp3) is 0.238. The van der Waals surface area contributed by atoms with E-state index >= 15 is 0 Å². The number of fused-ring (bicyclic) bond motifs is 2. The van der Waals surface area contributed by atoms with Crippen molar-refractivity contribution in [2.75, 3.05) is 17.4 Å². The van der Waals surface area contributed by atoms with Crippen LogP contribution in [0.15, 0.2) is 48.5 Å². The molecule has 0 saturated carbocycles. The number of nitrogens with zero attached hydrogens (tertiary/aromatic N) is 2. The Morgan fingerprint density at radius 2 is 1.94 bits per heavy atom. The van der Waals surface area contributed by atoms with Crippen molar-refractivity contribution in [2.45, 2.75) is 24.7 Å². The average molecular weight is 465 g/mol. The predicted octanol–water partition coefficient (Wildman–Crippen LogP) is 5.18. The second-order valence-electron chi connectivity index (χ2n) is 7.40. The van der Waals surface area contributed by atoms with Crippen molar-refractivity contribution in [3.63, 3.8) is 0 Å². The summed E-state index contributed by atoms with van der Waals surface area (Å²) in [5.41, 5.74) is 0.787. The van der Waals surface area contributed by atoms with Crippen LogP contribution in [0.4, 0.5) is 24.7 Å². The van der Waals surface area contributed by atoms with Crippen LogP contribution in [0.2, 0.25) is 5.02 Å². The van der Waals surface area contributed by atoms with Gasteiger partial charge in [-0.15, -0.1) is 0 Å². The highest BCUT2D eigenvalue weighted by Gasteiger charge is 2.47. The molecule has 0 radical (unpaired) electrons. The van der Waals surface area contributed by atoms with Gasteiger partial charge < -0.3 is 20.1 Å². The van der Waals surface area contributed by atoms with Gasteiger partial charge >= 0.3 is 6.18 Å². The second kappa shape index (κ2) is 7.63. The van der Waals surface area contributed by atoms with Crippen molar-refractivity contribution in [2.24, 2.45) is 0 Å². The van der Waals surface area contributed by atoms with E-state index in [2.05, 4.69) is 15.7 Å². The Balaban J connectivity index is 1.46. The number of nitrogens with one attached hydrogen (secondary N) is 2. The van der Waals surface area contributed by atoms with Gasteiger partial charge in [0.05, 0.1) is 16.8 Å². The SMILES string of the molecule is O=C(Nc1ccccc1Cl)c1cc2n(n1)[C@@H](C(F)(F)F)C[C@H](c1ccc3c(c1)OCO3)N2. The zero-order valence-corrected chi connectivity index (χ0v) is 17.1. The maximum absolute atomic E-state index is 13.9. The molecular formula is C21H16ClF3N4O3. The highest BCUT2D eigenvalue weighted by atomic mass is 35.5. The Bertz CT molecular complexity index is 1200. The summed E-state index contributed by atoms with van der Waals surface area (Å²) < 4.78 is 53.1. The fourth-order valence-electron chi connectivity index (χ4n) is 3.78. The summed E-state index contributed by atoms with van der Waals surface area (Å²) in [6.45, 7) is 0.0682. The Labute approximate surface area is 185 Å². The lowest BCUT2D eigenvalue weighted by molar-refractivity contribution is -0.173. The lowest BCUT2D eigenvalue weighted by Gasteiger charge is -2.33. The highest BCUT2D eigenvalue weighted by Crippen LogP contribution is 2.45. The standard InChI is InChI=1S/C21H16ClF3N4O3/c22-12-3-1-2-4-13(12)27-20(30)15-9-19-26-14(8-18(21(23,24)25)29(19)28-15)11-5-6-16-17(7-11)32-10-31-16/h1-7,9,14,18,26H,8,10H2,(H,27,30)/t14-,18-/m1/s1. The van der Waals surface area contributed by atoms with Crippen LogP contribution in [-0.2, 0) is 0 Å². The van der Waals surface area contributed by atoms with E-state index in [9.17, 15) is 18.0 Å². The van der Waals surface area contributed by atoms with Crippen LogP contribution in [0.1, 0.15) is 34.6 Å². The molecule has 166 valence electrons. The summed E-state index contributed by atoms with van der Waals surface area (Å²) in [7, 11) is 0. The van der Waals surface area contributed by atoms with Gasteiger partial charge in [0.1, 0.15) is 5.82 Å². The van der Waals surface area contributed by atoms with Gasteiger partial charge in [0.15, 0.2) is 23.2 Å². The van der Waals surface area contributed by atoms with Crippen molar-refractivity contribution in [3.05, 3.63) is 64.8 Å². The van der Waals surface area contributed by atoms with E-state index in [-0.39, 0.29) is 24.7 Å². The Morgan fingerprint density at radius 3 is 2.72 bits per heavy atom. The molecule has 0 spiro atoms. The molecule has 3 heterocycles. The van der Waals surface area contributed by atoms with E-state index in [1.165, 1.54) is 6.07 Å². The number of carbonyl (C=O) groups excluding carboxylic acids is 1. The van der Waals surface area contributed by atoms with Crippen molar-refractivity contribution in [1.29, 1.82) is 0 Å². The number of halogens is 4. The van der Waals surface area contributed by atoms with Crippen LogP contribution in [0, 0.1) is 0 Å². The molecule has 3 aromatic rings. The summed E-state index contributed by atoms with van der Waals surface area (Å²) in [5.74, 6) is 0.445. The zero-order valence-electron chi connectivity index (χ0n) is 16.3. The molecule has 0 unspecified atom stereocenters. The molecule has 7 nitrogen and oxygen atoms in total. The minimum Gasteiger partial charge on any atom is -0.454 e. The number of ether oxygens (including phenoxy) is 2. The first-order valence-corrected chi connectivity index (χ1v) is 10.1. The predicted molar refractivity (Wildman–Crippen MR) is 110 cm³/mol. The molecule has 1 amide bonds. The molecule has 32 heavy (non-hydrogen) atoms. The number of anilines is 2. The Morgan fingerprint density at radius 1 is 1.16 bits per heavy atom. The van der Waals surface area contributed by atoms with Crippen LogP contribution < -0.4 is 20.1 Å². The van der Waals surface area contributed by atoms with Crippen LogP contribution in [0.3, 0.4) is 0 Å². The summed E-state index contributed by atoms with van der Waals surface area (Å²) in [6, 6.07) is 10.3. The first kappa shape index (κ1) is 20.5. The number of para-hydroxylation sites is 1. The smallest absolute Gasteiger partial charge is 0.410 e. The van der Waals surface area contributed by atoms with E-state index in [0.717, 1.165) is 4.68 Å². The van der Waals surface area contributed by atoms with Gasteiger partial charge in [-0.25, -0.2) is 4.68 Å². The molecule has 11 heteroatoms. The largest absolute Gasteiger partial charge is 0.454 e. The van der Waals surface area contributed by atoms with Gasteiger partial charge in [0, 0.05) is 12.5 Å². The summed E-state index contributed by atoms with van der Waals surface area (Å²) in [6.07, 6.45) is -4.86. The number of amides is 1. The number of rotatable bonds is 3. The maximum Gasteiger partial charge on any atom is 0.410 e. The molecule has 0 saturated heterocycles. The average Bonchev–Trinajstić information content (AvgIpc) is 3.40. The minimum absolute atomic E-state index is 0.0682. The summed E-state index contributed by atoms with van der Waals surface area (Å²) in [4.78, 5) is 12.6. The number of alkyl halides is 3. The van der Waals surface area contributed by atoms with Gasteiger partial charge in [0.2, 0.25) is 6.79 Å². The molecular weight excluding hydrogens is 449 g/mol. The monoisotopic (exact) mass is 464 g/mol. The first-order valence-electron chi connectivity index (χ1n) is 9.68. The summed E-state index contributed by atoms with van der Waals surface area (Å²) in [5, 5.41) is 9.88. The zero-order chi connectivity index (χ0) is 22.5. The van der Waals surface area contributed by atoms with Crippen molar-refractivity contribution in [3.8, 4) is 11.5 Å². The fourth-order valence-corrected chi connectivity index (χ4v) is 3.96. The van der Waals surface area contributed by atoms with E-state index in [0.29, 0.717) is 27.8 Å². The maximum atomic E-state index is 13.9. The number of benzene rings is 2. The van der Waals surface area contributed by atoms with Gasteiger partial charge in [-0.05, 0) is 29.8 Å². The van der Waals surface area contributed by atoms with E-state index in [4.69, 9.17) is 21.1 Å². The minimum atomic E-state index is -4.56. The molecule has 2 aliphatic rings. The molecule has 2 aliphatic heterocycles. The summed E-state index contributed by atoms with van der Waals surface area (Å²) >= 11 is 6.05. The van der Waals surface area contributed by atoms with Crippen molar-refractivity contribution >= 4 is 29.0 Å². The number of aromatic nitrogens is 2. The van der Waals surface area contributed by atoms with E-state index in [1.54, 1.807) is 42.5 Å². The lowest BCUT2D eigenvalue weighted by atomic mass is 9.96. The van der Waals surface area contributed by atoms with E-state index in [1.807, 2.05) is 0 Å². The van der Waals surface area contributed by atoms with E-state index < -0.39 is 24.2 Å². The van der Waals surface area contributed by atoms with Crippen molar-refractivity contribution in [1.82, 2.24) is 9.78 Å².